The van der Waals surface area contributed by atoms with Gasteiger partial charge in [-0.15, -0.1) is 0 Å². The number of nitrogens with zero attached hydrogens (tertiary/aromatic N) is 1. The van der Waals surface area contributed by atoms with E-state index < -0.39 is 96.0 Å². The average molecular weight is 719 g/mol. The molecule has 1 aliphatic rings. The Bertz CT molecular complexity index is 1400. The summed E-state index contributed by atoms with van der Waals surface area (Å²) >= 11 is 0. The summed E-state index contributed by atoms with van der Waals surface area (Å²) in [5, 5.41) is 38.7. The summed E-state index contributed by atoms with van der Waals surface area (Å²) in [4.78, 5) is 92.0. The van der Waals surface area contributed by atoms with E-state index in [-0.39, 0.29) is 31.1 Å². The van der Waals surface area contributed by atoms with E-state index in [1.54, 1.807) is 53.7 Å². The van der Waals surface area contributed by atoms with Crippen LogP contribution in [0.25, 0.3) is 0 Å². The molecule has 1 aromatic carbocycles. The van der Waals surface area contributed by atoms with E-state index in [9.17, 15) is 48.9 Å². The van der Waals surface area contributed by atoms with Crippen LogP contribution < -0.4 is 27.0 Å². The van der Waals surface area contributed by atoms with Gasteiger partial charge in [0.1, 0.15) is 36.0 Å². The number of phenols is 1. The van der Waals surface area contributed by atoms with Crippen molar-refractivity contribution in [2.75, 3.05) is 6.54 Å². The number of benzene rings is 1. The van der Waals surface area contributed by atoms with Crippen molar-refractivity contribution in [1.82, 2.24) is 26.2 Å². The topological polar surface area (TPSA) is 258 Å². The van der Waals surface area contributed by atoms with Gasteiger partial charge in [0.25, 0.3) is 0 Å². The van der Waals surface area contributed by atoms with Crippen LogP contribution in [0.3, 0.4) is 0 Å². The summed E-state index contributed by atoms with van der Waals surface area (Å²) in [5.41, 5.74) is 6.94. The minimum absolute atomic E-state index is 0.0697. The molecule has 1 saturated heterocycles. The zero-order chi connectivity index (χ0) is 38.6. The normalized spacial score (nSPS) is 17.8. The Hall–Kier alpha value is -4.73. The molecule has 0 aliphatic carbocycles. The molecule has 2 rings (SSSR count). The number of phenolic OH excluding ortho intramolecular Hbond substituents is 1. The van der Waals surface area contributed by atoms with Gasteiger partial charge in [0.05, 0.1) is 12.5 Å². The van der Waals surface area contributed by atoms with Crippen molar-refractivity contribution in [2.45, 2.75) is 116 Å². The Labute approximate surface area is 298 Å². The maximum Gasteiger partial charge on any atom is 0.326 e. The number of carbonyl (C=O) groups is 7. The first-order chi connectivity index (χ1) is 23.9. The highest BCUT2D eigenvalue weighted by Gasteiger charge is 2.39. The summed E-state index contributed by atoms with van der Waals surface area (Å²) < 4.78 is 0. The van der Waals surface area contributed by atoms with Crippen molar-refractivity contribution in [3.8, 4) is 5.75 Å². The molecule has 5 amide bonds. The van der Waals surface area contributed by atoms with Gasteiger partial charge in [0.2, 0.25) is 29.5 Å². The first kappa shape index (κ1) is 42.4. The molecule has 1 aliphatic heterocycles. The number of carboxylic acids is 2. The molecule has 16 nitrogen and oxygen atoms in total. The van der Waals surface area contributed by atoms with Crippen molar-refractivity contribution in [1.29, 1.82) is 0 Å². The van der Waals surface area contributed by atoms with Crippen molar-refractivity contribution in [3.63, 3.8) is 0 Å². The minimum Gasteiger partial charge on any atom is -0.508 e. The fourth-order valence-electron chi connectivity index (χ4n) is 5.83. The zero-order valence-electron chi connectivity index (χ0n) is 30.2. The van der Waals surface area contributed by atoms with E-state index in [2.05, 4.69) is 21.3 Å². The third-order valence-corrected chi connectivity index (χ3v) is 8.92. The quantitative estimate of drug-likeness (QED) is 0.0977. The van der Waals surface area contributed by atoms with Crippen LogP contribution >= 0.6 is 0 Å². The monoisotopic (exact) mass is 718 g/mol. The lowest BCUT2D eigenvalue weighted by Gasteiger charge is -2.31. The van der Waals surface area contributed by atoms with Crippen molar-refractivity contribution >= 4 is 41.5 Å². The molecule has 7 atom stereocenters. The largest absolute Gasteiger partial charge is 0.508 e. The van der Waals surface area contributed by atoms with Crippen LogP contribution in [0.5, 0.6) is 5.75 Å². The van der Waals surface area contributed by atoms with Gasteiger partial charge in [-0.3, -0.25) is 28.8 Å². The second-order valence-corrected chi connectivity index (χ2v) is 14.0. The van der Waals surface area contributed by atoms with Crippen LogP contribution in [-0.2, 0) is 40.0 Å². The molecule has 0 bridgehead atoms. The smallest absolute Gasteiger partial charge is 0.326 e. The Morgan fingerprint density at radius 3 is 1.96 bits per heavy atom. The van der Waals surface area contributed by atoms with Crippen LogP contribution in [0, 0.1) is 17.8 Å². The molecule has 0 saturated carbocycles. The van der Waals surface area contributed by atoms with Crippen LogP contribution in [0.15, 0.2) is 24.3 Å². The van der Waals surface area contributed by atoms with Crippen LogP contribution in [0.4, 0.5) is 0 Å². The number of rotatable bonds is 19. The molecule has 284 valence electrons. The predicted octanol–water partition coefficient (Wildman–Crippen LogP) is 0.500. The van der Waals surface area contributed by atoms with Gasteiger partial charge in [-0.05, 0) is 61.1 Å². The lowest BCUT2D eigenvalue weighted by atomic mass is 9.96. The van der Waals surface area contributed by atoms with E-state index in [0.29, 0.717) is 19.3 Å². The number of carbonyl (C=O) groups excluding carboxylic acids is 5. The van der Waals surface area contributed by atoms with E-state index in [4.69, 9.17) is 5.73 Å². The van der Waals surface area contributed by atoms with Gasteiger partial charge in [0, 0.05) is 6.54 Å². The minimum atomic E-state index is -1.65. The standard InChI is InChI=1S/C35H54N6O10/c1-7-20(6)29(40-32(47)26-9-8-14-41(26)34(49)23(36)16-21-10-12-22(42)13-11-21)33(48)38-25(17-27(43)44)30(45)37-24(15-18(2)3)31(46)39-28(19(4)5)35(50)51/h10-13,18-20,23-26,28-29,42H,7-9,14-17,36H2,1-6H3,(H,37,45)(H,38,48)(H,39,46)(H,40,47)(H,43,44)(H,50,51)/t20-,23-,24-,25-,26-,28-,29-/m0/s1. The number of amides is 5. The number of nitrogens with two attached hydrogens (primary N) is 1. The molecule has 1 aromatic rings. The molecular weight excluding hydrogens is 664 g/mol. The van der Waals surface area contributed by atoms with Crippen LogP contribution in [-0.4, -0.2) is 104 Å². The van der Waals surface area contributed by atoms with Crippen molar-refractivity contribution < 1.29 is 48.9 Å². The Kier molecular flexibility index (Phi) is 16.3. The van der Waals surface area contributed by atoms with E-state index in [1.807, 2.05) is 0 Å². The Morgan fingerprint density at radius 1 is 0.843 bits per heavy atom. The zero-order valence-corrected chi connectivity index (χ0v) is 30.2. The molecule has 16 heteroatoms. The third kappa shape index (κ3) is 12.8. The SMILES string of the molecule is CC[C@H](C)[C@H](NC(=O)[C@@H]1CCCN1C(=O)[C@@H](N)Cc1ccc(O)cc1)C(=O)N[C@@H](CC(=O)O)C(=O)N[C@@H](CC(C)C)C(=O)N[C@H](C(=O)O)C(C)C. The number of aliphatic carboxylic acids is 2. The predicted molar refractivity (Wildman–Crippen MR) is 186 cm³/mol. The van der Waals surface area contributed by atoms with Gasteiger partial charge in [0.15, 0.2) is 0 Å². The maximum absolute atomic E-state index is 13.7. The second kappa shape index (κ2) is 19.6. The van der Waals surface area contributed by atoms with E-state index >= 15 is 0 Å². The molecule has 51 heavy (non-hydrogen) atoms. The lowest BCUT2D eigenvalue weighted by molar-refractivity contribution is -0.144. The first-order valence-electron chi connectivity index (χ1n) is 17.4. The lowest BCUT2D eigenvalue weighted by Crippen LogP contribution is -2.60. The number of hydrogen-bond donors (Lipinski definition) is 8. The molecule has 1 fully saturated rings. The fraction of sp³-hybridized carbons (Fsp3) is 0.629. The molecule has 0 unspecified atom stereocenters. The van der Waals surface area contributed by atoms with Crippen LogP contribution in [0.1, 0.15) is 79.2 Å². The molecule has 0 radical (unpaired) electrons. The van der Waals surface area contributed by atoms with Crippen LogP contribution in [0.2, 0.25) is 0 Å². The number of nitrogens with one attached hydrogen (secondary N) is 4. The average Bonchev–Trinajstić information content (AvgIpc) is 3.55. The Balaban J connectivity index is 2.22. The maximum atomic E-state index is 13.7. The summed E-state index contributed by atoms with van der Waals surface area (Å²) in [6, 6.07) is -0.971. The van der Waals surface area contributed by atoms with Gasteiger partial charge in [-0.25, -0.2) is 4.79 Å². The number of likely N-dealkylation sites (tertiary alicyclic amines) is 1. The number of aromatic hydroxyl groups is 1. The summed E-state index contributed by atoms with van der Waals surface area (Å²) in [6.07, 6.45) is 0.676. The molecule has 9 N–H and O–H groups in total. The molecular formula is C35H54N6O10. The summed E-state index contributed by atoms with van der Waals surface area (Å²) in [5.74, 6) is -7.34. The molecule has 0 spiro atoms. The van der Waals surface area contributed by atoms with Crippen molar-refractivity contribution in [2.24, 2.45) is 23.5 Å². The summed E-state index contributed by atoms with van der Waals surface area (Å²) in [6.45, 7) is 10.5. The van der Waals surface area contributed by atoms with Gasteiger partial charge in [-0.1, -0.05) is 60.1 Å². The van der Waals surface area contributed by atoms with Gasteiger partial charge in [-0.2, -0.15) is 0 Å². The molecule has 0 aromatic heterocycles. The second-order valence-electron chi connectivity index (χ2n) is 14.0. The first-order valence-corrected chi connectivity index (χ1v) is 17.4. The summed E-state index contributed by atoms with van der Waals surface area (Å²) in [7, 11) is 0. The number of carboxylic acid groups (broad SMARTS) is 2. The Morgan fingerprint density at radius 2 is 1.43 bits per heavy atom. The highest BCUT2D eigenvalue weighted by atomic mass is 16.4. The highest BCUT2D eigenvalue weighted by Crippen LogP contribution is 2.21. The fourth-order valence-corrected chi connectivity index (χ4v) is 5.83. The third-order valence-electron chi connectivity index (χ3n) is 8.92. The van der Waals surface area contributed by atoms with Gasteiger partial charge < -0.3 is 47.2 Å². The van der Waals surface area contributed by atoms with Crippen molar-refractivity contribution in [3.05, 3.63) is 29.8 Å². The highest BCUT2D eigenvalue weighted by molar-refractivity contribution is 5.97. The van der Waals surface area contributed by atoms with E-state index in [1.165, 1.54) is 17.0 Å². The number of hydrogen-bond acceptors (Lipinski definition) is 9. The van der Waals surface area contributed by atoms with E-state index in [0.717, 1.165) is 5.56 Å². The van der Waals surface area contributed by atoms with Gasteiger partial charge >= 0.3 is 11.9 Å². The molecule has 1 heterocycles.